The minimum Gasteiger partial charge on any atom is -0.480 e. The average molecular weight is 300 g/mol. The zero-order valence-corrected chi connectivity index (χ0v) is 10.9. The van der Waals surface area contributed by atoms with Gasteiger partial charge in [-0.2, -0.15) is 0 Å². The molecule has 0 saturated heterocycles. The van der Waals surface area contributed by atoms with E-state index in [9.17, 15) is 13.6 Å². The number of fused-ring (bicyclic) bond motifs is 1. The quantitative estimate of drug-likeness (QED) is 0.925. The molecule has 0 saturated carbocycles. The predicted molar refractivity (Wildman–Crippen MR) is 70.0 cm³/mol. The third-order valence-corrected chi connectivity index (χ3v) is 4.80. The lowest BCUT2D eigenvalue weighted by atomic mass is 10.3. The first-order chi connectivity index (χ1) is 9.04. The number of aromatic nitrogens is 1. The van der Waals surface area contributed by atoms with Crippen molar-refractivity contribution in [2.75, 3.05) is 5.75 Å². The maximum absolute atomic E-state index is 13.5. The molecule has 3 rings (SSSR count). The van der Waals surface area contributed by atoms with Crippen LogP contribution in [0.5, 0.6) is 0 Å². The highest BCUT2D eigenvalue weighted by atomic mass is 32.2. The Morgan fingerprint density at radius 1 is 1.42 bits per heavy atom. The van der Waals surface area contributed by atoms with E-state index < -0.39 is 23.6 Å². The number of thioether (sulfide) groups is 1. The number of hydrogen-bond acceptors (Lipinski definition) is 5. The van der Waals surface area contributed by atoms with Gasteiger partial charge in [0, 0.05) is 17.9 Å². The summed E-state index contributed by atoms with van der Waals surface area (Å²) in [6.45, 7) is 0. The molecule has 1 N–H and O–H groups in total. The van der Waals surface area contributed by atoms with E-state index in [4.69, 9.17) is 5.11 Å². The van der Waals surface area contributed by atoms with Crippen LogP contribution in [-0.4, -0.2) is 32.9 Å². The van der Waals surface area contributed by atoms with Crippen LogP contribution in [0, 0.1) is 11.6 Å². The monoisotopic (exact) mass is 300 g/mol. The van der Waals surface area contributed by atoms with Gasteiger partial charge >= 0.3 is 5.97 Å². The van der Waals surface area contributed by atoms with Gasteiger partial charge in [0.05, 0.1) is 10.2 Å². The van der Waals surface area contributed by atoms with Gasteiger partial charge in [-0.15, -0.1) is 23.1 Å². The number of hydrogen-bond donors (Lipinski definition) is 1. The van der Waals surface area contributed by atoms with E-state index in [-0.39, 0.29) is 10.2 Å². The van der Waals surface area contributed by atoms with E-state index in [2.05, 4.69) is 9.98 Å². The molecule has 1 atom stereocenters. The van der Waals surface area contributed by atoms with Crippen LogP contribution >= 0.6 is 23.1 Å². The molecular formula is C11H6F2N2O2S2. The molecule has 0 spiro atoms. The zero-order chi connectivity index (χ0) is 13.6. The Labute approximate surface area is 114 Å². The summed E-state index contributed by atoms with van der Waals surface area (Å²) in [5.41, 5.74) is 0.222. The number of carbonyl (C=O) groups is 1. The van der Waals surface area contributed by atoms with Crippen LogP contribution in [0.15, 0.2) is 17.1 Å². The normalized spacial score (nSPS) is 18.8. The van der Waals surface area contributed by atoms with Crippen molar-refractivity contribution in [3.05, 3.63) is 28.8 Å². The van der Waals surface area contributed by atoms with Crippen LogP contribution in [0.25, 0.3) is 10.2 Å². The van der Waals surface area contributed by atoms with Crippen LogP contribution in [-0.2, 0) is 4.79 Å². The number of aliphatic imine (C=N–C) groups is 1. The fourth-order valence-corrected chi connectivity index (χ4v) is 3.72. The van der Waals surface area contributed by atoms with Crippen LogP contribution < -0.4 is 0 Å². The molecule has 0 aliphatic carbocycles. The second-order valence-corrected chi connectivity index (χ2v) is 5.86. The highest BCUT2D eigenvalue weighted by Gasteiger charge is 2.27. The van der Waals surface area contributed by atoms with Gasteiger partial charge < -0.3 is 5.11 Å². The van der Waals surface area contributed by atoms with Crippen LogP contribution in [0.4, 0.5) is 8.78 Å². The topological polar surface area (TPSA) is 62.5 Å². The van der Waals surface area contributed by atoms with Crippen molar-refractivity contribution in [3.63, 3.8) is 0 Å². The average Bonchev–Trinajstić information content (AvgIpc) is 2.92. The van der Waals surface area contributed by atoms with E-state index >= 15 is 0 Å². The molecule has 19 heavy (non-hydrogen) atoms. The van der Waals surface area contributed by atoms with Crippen molar-refractivity contribution in [2.45, 2.75) is 6.04 Å². The first-order valence-corrected chi connectivity index (χ1v) is 7.04. The molecule has 1 aromatic carbocycles. The first-order valence-electron chi connectivity index (χ1n) is 5.24. The number of rotatable bonds is 2. The van der Waals surface area contributed by atoms with Gasteiger partial charge in [0.25, 0.3) is 0 Å². The highest BCUT2D eigenvalue weighted by Crippen LogP contribution is 2.31. The number of nitrogens with zero attached hydrogens (tertiary/aromatic N) is 2. The van der Waals surface area contributed by atoms with Crippen molar-refractivity contribution in [1.82, 2.24) is 4.98 Å². The van der Waals surface area contributed by atoms with E-state index in [0.29, 0.717) is 15.8 Å². The Bertz CT molecular complexity index is 714. The van der Waals surface area contributed by atoms with Gasteiger partial charge in [0.15, 0.2) is 6.04 Å². The molecule has 0 bridgehead atoms. The molecule has 1 unspecified atom stereocenters. The number of carboxylic acids is 1. The van der Waals surface area contributed by atoms with Crippen LogP contribution in [0.3, 0.4) is 0 Å². The zero-order valence-electron chi connectivity index (χ0n) is 9.26. The molecule has 98 valence electrons. The summed E-state index contributed by atoms with van der Waals surface area (Å²) in [7, 11) is 0. The van der Waals surface area contributed by atoms with Gasteiger partial charge in [-0.05, 0) is 0 Å². The van der Waals surface area contributed by atoms with Crippen LogP contribution in [0.1, 0.15) is 5.01 Å². The molecule has 1 aliphatic rings. The molecule has 2 heterocycles. The molecule has 0 fully saturated rings. The number of halogens is 2. The molecule has 1 aliphatic heterocycles. The second-order valence-electron chi connectivity index (χ2n) is 3.85. The Morgan fingerprint density at radius 2 is 2.21 bits per heavy atom. The largest absolute Gasteiger partial charge is 0.480 e. The van der Waals surface area contributed by atoms with Crippen molar-refractivity contribution in [2.24, 2.45) is 4.99 Å². The molecule has 8 heteroatoms. The number of aliphatic carboxylic acids is 1. The van der Waals surface area contributed by atoms with Gasteiger partial charge in [0.2, 0.25) is 0 Å². The number of thiazole rings is 1. The van der Waals surface area contributed by atoms with Crippen molar-refractivity contribution >= 4 is 44.3 Å². The Hall–Kier alpha value is -1.54. The molecule has 1 aromatic heterocycles. The smallest absolute Gasteiger partial charge is 0.329 e. The fourth-order valence-electron chi connectivity index (χ4n) is 1.67. The minimum atomic E-state index is -0.999. The van der Waals surface area contributed by atoms with Gasteiger partial charge in [-0.1, -0.05) is 0 Å². The summed E-state index contributed by atoms with van der Waals surface area (Å²) in [6.07, 6.45) is 0. The third kappa shape index (κ3) is 2.21. The molecule has 4 nitrogen and oxygen atoms in total. The SMILES string of the molecule is O=C(O)C1CSC(c2nc3cc(F)cc(F)c3s2)=N1. The summed E-state index contributed by atoms with van der Waals surface area (Å²) in [4.78, 5) is 18.9. The molecular weight excluding hydrogens is 294 g/mol. The summed E-state index contributed by atoms with van der Waals surface area (Å²) in [5, 5.41) is 9.74. The summed E-state index contributed by atoms with van der Waals surface area (Å²) in [6, 6.07) is 1.15. The number of carboxylic acid groups (broad SMARTS) is 1. The van der Waals surface area contributed by atoms with E-state index in [1.54, 1.807) is 0 Å². The molecule has 0 amide bonds. The Kier molecular flexibility index (Phi) is 2.98. The van der Waals surface area contributed by atoms with E-state index in [1.165, 1.54) is 11.8 Å². The predicted octanol–water partition coefficient (Wildman–Crippen LogP) is 2.52. The summed E-state index contributed by atoms with van der Waals surface area (Å²) < 4.78 is 26.9. The molecule has 0 radical (unpaired) electrons. The second kappa shape index (κ2) is 4.53. The summed E-state index contributed by atoms with van der Waals surface area (Å²) >= 11 is 2.30. The Balaban J connectivity index is 2.05. The maximum atomic E-state index is 13.5. The van der Waals surface area contributed by atoms with Crippen molar-refractivity contribution < 1.29 is 18.7 Å². The lowest BCUT2D eigenvalue weighted by Gasteiger charge is -1.93. The number of benzene rings is 1. The molecule has 2 aromatic rings. The Morgan fingerprint density at radius 3 is 2.89 bits per heavy atom. The highest BCUT2D eigenvalue weighted by molar-refractivity contribution is 8.15. The van der Waals surface area contributed by atoms with Crippen molar-refractivity contribution in [1.29, 1.82) is 0 Å². The fraction of sp³-hybridized carbons (Fsp3) is 0.182. The lowest BCUT2D eigenvalue weighted by molar-refractivity contribution is -0.137. The standard InChI is InChI=1S/C11H6F2N2O2S2/c12-4-1-5(13)8-6(2-4)14-10(19-8)9-15-7(3-18-9)11(16)17/h1-2,7H,3H2,(H,16,17). The van der Waals surface area contributed by atoms with Gasteiger partial charge in [-0.3, -0.25) is 4.99 Å². The van der Waals surface area contributed by atoms with Gasteiger partial charge in [0.1, 0.15) is 21.7 Å². The lowest BCUT2D eigenvalue weighted by Crippen LogP contribution is -2.17. The van der Waals surface area contributed by atoms with Crippen LogP contribution in [0.2, 0.25) is 0 Å². The first kappa shape index (κ1) is 12.5. The van der Waals surface area contributed by atoms with Crippen molar-refractivity contribution in [3.8, 4) is 0 Å². The van der Waals surface area contributed by atoms with E-state index in [0.717, 1.165) is 23.5 Å². The summed E-state index contributed by atoms with van der Waals surface area (Å²) in [5.74, 6) is -2.03. The maximum Gasteiger partial charge on any atom is 0.329 e. The minimum absolute atomic E-state index is 0.222. The third-order valence-electron chi connectivity index (χ3n) is 2.53. The van der Waals surface area contributed by atoms with Gasteiger partial charge in [-0.25, -0.2) is 18.6 Å². The van der Waals surface area contributed by atoms with E-state index in [1.807, 2.05) is 0 Å².